The van der Waals surface area contributed by atoms with Gasteiger partial charge in [0.25, 0.3) is 0 Å². The molecule has 9 heteroatoms. The fourth-order valence-corrected chi connectivity index (χ4v) is 1.46. The Balaban J connectivity index is 3.27. The molecule has 1 amide bonds. The topological polar surface area (TPSA) is 29.1 Å². The summed E-state index contributed by atoms with van der Waals surface area (Å²) >= 11 is 1.52. The summed E-state index contributed by atoms with van der Waals surface area (Å²) in [5.41, 5.74) is -3.66. The molecule has 0 fully saturated rings. The number of halogens is 7. The Hall–Kier alpha value is -1.44. The van der Waals surface area contributed by atoms with Crippen LogP contribution >= 0.6 is 22.6 Å². The van der Waals surface area contributed by atoms with Crippen molar-refractivity contribution in [3.05, 3.63) is 29.3 Å². The summed E-state index contributed by atoms with van der Waals surface area (Å²) < 4.78 is 74.5. The highest BCUT2D eigenvalue weighted by Gasteiger charge is 2.37. The van der Waals surface area contributed by atoms with Gasteiger partial charge in [-0.15, -0.1) is 6.42 Å². The van der Waals surface area contributed by atoms with Gasteiger partial charge in [0.1, 0.15) is 0 Å². The number of amides is 1. The Morgan fingerprint density at radius 2 is 1.52 bits per heavy atom. The van der Waals surface area contributed by atoms with Gasteiger partial charge in [0, 0.05) is 5.69 Å². The van der Waals surface area contributed by atoms with E-state index in [1.807, 2.05) is 11.2 Å². The van der Waals surface area contributed by atoms with Crippen molar-refractivity contribution >= 4 is 34.2 Å². The smallest absolute Gasteiger partial charge is 0.324 e. The van der Waals surface area contributed by atoms with Gasteiger partial charge < -0.3 is 5.32 Å². The lowest BCUT2D eigenvalue weighted by Crippen LogP contribution is -2.22. The summed E-state index contributed by atoms with van der Waals surface area (Å²) in [6.45, 7) is 0. The lowest BCUT2D eigenvalue weighted by Gasteiger charge is -2.15. The maximum atomic E-state index is 12.6. The van der Waals surface area contributed by atoms with Crippen molar-refractivity contribution in [2.24, 2.45) is 0 Å². The third-order valence-corrected chi connectivity index (χ3v) is 3.16. The number of terminal acetylenes is 1. The average molecular weight is 421 g/mol. The van der Waals surface area contributed by atoms with Crippen LogP contribution in [0.15, 0.2) is 18.2 Å². The first-order chi connectivity index (χ1) is 9.45. The molecule has 1 atom stereocenters. The lowest BCUT2D eigenvalue weighted by atomic mass is 10.1. The van der Waals surface area contributed by atoms with Crippen molar-refractivity contribution < 1.29 is 31.1 Å². The first kappa shape index (κ1) is 17.6. The molecule has 21 heavy (non-hydrogen) atoms. The van der Waals surface area contributed by atoms with Crippen LogP contribution < -0.4 is 5.32 Å². The van der Waals surface area contributed by atoms with Gasteiger partial charge in [-0.1, -0.05) is 28.5 Å². The zero-order chi connectivity index (χ0) is 16.4. The summed E-state index contributed by atoms with van der Waals surface area (Å²) in [5, 5.41) is 1.93. The van der Waals surface area contributed by atoms with Gasteiger partial charge in [-0.05, 0) is 18.2 Å². The maximum absolute atomic E-state index is 12.6. The zero-order valence-electron chi connectivity index (χ0n) is 9.94. The molecule has 0 saturated carbocycles. The largest absolute Gasteiger partial charge is 0.416 e. The van der Waals surface area contributed by atoms with E-state index in [1.54, 1.807) is 0 Å². The number of anilines is 1. The van der Waals surface area contributed by atoms with Crippen molar-refractivity contribution in [1.29, 1.82) is 0 Å². The van der Waals surface area contributed by atoms with E-state index >= 15 is 0 Å². The molecule has 1 rings (SSSR count). The minimum atomic E-state index is -4.98. The van der Waals surface area contributed by atoms with Gasteiger partial charge >= 0.3 is 12.4 Å². The van der Waals surface area contributed by atoms with Crippen LogP contribution in [0, 0.1) is 12.3 Å². The second-order valence-corrected chi connectivity index (χ2v) is 5.06. The number of carbonyl (C=O) groups is 1. The van der Waals surface area contributed by atoms with Crippen molar-refractivity contribution in [1.82, 2.24) is 0 Å². The number of alkyl halides is 7. The van der Waals surface area contributed by atoms with Crippen molar-refractivity contribution in [3.63, 3.8) is 0 Å². The van der Waals surface area contributed by atoms with Crippen LogP contribution in [0.2, 0.25) is 0 Å². The Morgan fingerprint density at radius 3 is 1.86 bits per heavy atom. The van der Waals surface area contributed by atoms with Gasteiger partial charge in [-0.25, -0.2) is 0 Å². The van der Waals surface area contributed by atoms with E-state index in [9.17, 15) is 31.1 Å². The fraction of sp³-hybridized carbons (Fsp3) is 0.250. The van der Waals surface area contributed by atoms with Crippen LogP contribution in [-0.4, -0.2) is 9.83 Å². The van der Waals surface area contributed by atoms with E-state index in [1.165, 1.54) is 22.6 Å². The first-order valence-corrected chi connectivity index (χ1v) is 6.40. The molecular formula is C12H6F6INO. The Bertz CT molecular complexity index is 555. The van der Waals surface area contributed by atoms with E-state index in [0.717, 1.165) is 0 Å². The molecule has 0 radical (unpaired) electrons. The van der Waals surface area contributed by atoms with Gasteiger partial charge in [0.15, 0.2) is 3.92 Å². The average Bonchev–Trinajstić information content (AvgIpc) is 2.35. The van der Waals surface area contributed by atoms with Crippen molar-refractivity contribution in [3.8, 4) is 12.3 Å². The molecule has 2 nitrogen and oxygen atoms in total. The third kappa shape index (κ3) is 4.80. The van der Waals surface area contributed by atoms with E-state index in [0.29, 0.717) is 12.1 Å². The molecule has 0 aliphatic carbocycles. The Kier molecular flexibility index (Phi) is 5.14. The molecular weight excluding hydrogens is 415 g/mol. The minimum absolute atomic E-state index is 0.0294. The van der Waals surface area contributed by atoms with E-state index < -0.39 is 39.0 Å². The molecule has 0 bridgehead atoms. The summed E-state index contributed by atoms with van der Waals surface area (Å²) in [6.07, 6.45) is -5.00. The number of nitrogens with one attached hydrogen (secondary N) is 1. The first-order valence-electron chi connectivity index (χ1n) is 5.15. The fourth-order valence-electron chi connectivity index (χ4n) is 1.31. The zero-order valence-corrected chi connectivity index (χ0v) is 12.1. The van der Waals surface area contributed by atoms with Crippen molar-refractivity contribution in [2.45, 2.75) is 16.3 Å². The highest BCUT2D eigenvalue weighted by molar-refractivity contribution is 14.1. The molecule has 0 aromatic heterocycles. The minimum Gasteiger partial charge on any atom is -0.324 e. The molecule has 1 aromatic rings. The Labute approximate surface area is 129 Å². The van der Waals surface area contributed by atoms with Gasteiger partial charge in [0.2, 0.25) is 5.91 Å². The number of hydrogen-bond donors (Lipinski definition) is 1. The number of benzene rings is 1. The standard InChI is InChI=1S/C12H6F6INO/c1-2-9(19)10(21)20-8-4-6(11(13,14)15)3-7(5-8)12(16,17)18/h1,3-5,9H,(H,20,21). The maximum Gasteiger partial charge on any atom is 0.416 e. The summed E-state index contributed by atoms with van der Waals surface area (Å²) in [4.78, 5) is 11.4. The number of rotatable bonds is 2. The normalized spacial score (nSPS) is 13.4. The van der Waals surface area contributed by atoms with E-state index in [2.05, 4.69) is 0 Å². The van der Waals surface area contributed by atoms with Gasteiger partial charge in [-0.2, -0.15) is 26.3 Å². The lowest BCUT2D eigenvalue weighted by molar-refractivity contribution is -0.143. The predicted molar refractivity (Wildman–Crippen MR) is 71.7 cm³/mol. The molecule has 1 aromatic carbocycles. The van der Waals surface area contributed by atoms with E-state index in [4.69, 9.17) is 6.42 Å². The predicted octanol–water partition coefficient (Wildman–Crippen LogP) is 4.10. The molecule has 0 aliphatic heterocycles. The van der Waals surface area contributed by atoms with Crippen LogP contribution in [-0.2, 0) is 17.1 Å². The van der Waals surface area contributed by atoms with Crippen LogP contribution in [0.4, 0.5) is 32.0 Å². The number of hydrogen-bond acceptors (Lipinski definition) is 1. The van der Waals surface area contributed by atoms with Crippen LogP contribution in [0.1, 0.15) is 11.1 Å². The SMILES string of the molecule is C#CC(I)C(=O)Nc1cc(C(F)(F)F)cc(C(F)(F)F)c1. The molecule has 1 N–H and O–H groups in total. The third-order valence-electron chi connectivity index (χ3n) is 2.23. The van der Waals surface area contributed by atoms with Crippen LogP contribution in [0.3, 0.4) is 0 Å². The second-order valence-electron chi connectivity index (χ2n) is 3.81. The monoisotopic (exact) mass is 421 g/mol. The number of carbonyl (C=O) groups excluding carboxylic acids is 1. The highest BCUT2D eigenvalue weighted by Crippen LogP contribution is 2.37. The second kappa shape index (κ2) is 6.13. The Morgan fingerprint density at radius 1 is 1.10 bits per heavy atom. The molecule has 0 saturated heterocycles. The quantitative estimate of drug-likeness (QED) is 0.332. The molecule has 0 spiro atoms. The van der Waals surface area contributed by atoms with Gasteiger partial charge in [-0.3, -0.25) is 4.79 Å². The van der Waals surface area contributed by atoms with Crippen LogP contribution in [0.5, 0.6) is 0 Å². The summed E-state index contributed by atoms with van der Waals surface area (Å²) in [7, 11) is 0. The summed E-state index contributed by atoms with van der Waals surface area (Å²) in [5.74, 6) is 1.12. The summed E-state index contributed by atoms with van der Waals surface area (Å²) in [6, 6.07) is 0.790. The van der Waals surface area contributed by atoms with Crippen molar-refractivity contribution in [2.75, 3.05) is 5.32 Å². The molecule has 0 aliphatic rings. The molecule has 0 heterocycles. The molecule has 114 valence electrons. The highest BCUT2D eigenvalue weighted by atomic mass is 127. The van der Waals surface area contributed by atoms with Crippen LogP contribution in [0.25, 0.3) is 0 Å². The van der Waals surface area contributed by atoms with Gasteiger partial charge in [0.05, 0.1) is 11.1 Å². The molecule has 1 unspecified atom stereocenters. The van der Waals surface area contributed by atoms with E-state index in [-0.39, 0.29) is 6.07 Å².